The summed E-state index contributed by atoms with van der Waals surface area (Å²) in [4.78, 5) is 10.5. The van der Waals surface area contributed by atoms with Crippen molar-refractivity contribution in [2.45, 2.75) is 13.3 Å². The molecule has 1 aromatic rings. The van der Waals surface area contributed by atoms with Crippen molar-refractivity contribution in [1.29, 1.82) is 0 Å². The summed E-state index contributed by atoms with van der Waals surface area (Å²) in [7, 11) is 0. The zero-order valence-electron chi connectivity index (χ0n) is 7.79. The molecule has 1 aromatic carbocycles. The maximum Gasteiger partial charge on any atom is 0.307 e. The van der Waals surface area contributed by atoms with Crippen LogP contribution in [-0.4, -0.2) is 17.7 Å². The first-order valence-corrected chi connectivity index (χ1v) is 4.26. The Hall–Kier alpha value is -1.58. The SMILES string of the molecule is CCOc1cc(F)ccc1CC(=O)O. The van der Waals surface area contributed by atoms with Crippen molar-refractivity contribution in [3.05, 3.63) is 29.6 Å². The Labute approximate surface area is 81.1 Å². The lowest BCUT2D eigenvalue weighted by Crippen LogP contribution is -2.04. The van der Waals surface area contributed by atoms with Crippen LogP contribution in [0.2, 0.25) is 0 Å². The first-order valence-electron chi connectivity index (χ1n) is 4.26. The highest BCUT2D eigenvalue weighted by atomic mass is 19.1. The van der Waals surface area contributed by atoms with Gasteiger partial charge in [-0.05, 0) is 13.0 Å². The third-order valence-electron chi connectivity index (χ3n) is 1.67. The number of carbonyl (C=O) groups is 1. The lowest BCUT2D eigenvalue weighted by Gasteiger charge is -2.08. The maximum absolute atomic E-state index is 12.8. The van der Waals surface area contributed by atoms with Gasteiger partial charge in [0.05, 0.1) is 13.0 Å². The molecule has 3 nitrogen and oxygen atoms in total. The van der Waals surface area contributed by atoms with Gasteiger partial charge in [-0.1, -0.05) is 6.07 Å². The lowest BCUT2D eigenvalue weighted by atomic mass is 10.1. The van der Waals surface area contributed by atoms with Crippen molar-refractivity contribution in [3.8, 4) is 5.75 Å². The van der Waals surface area contributed by atoms with E-state index in [0.717, 1.165) is 0 Å². The Kier molecular flexibility index (Phi) is 3.45. The van der Waals surface area contributed by atoms with Crippen LogP contribution in [0.15, 0.2) is 18.2 Å². The van der Waals surface area contributed by atoms with E-state index in [1.165, 1.54) is 18.2 Å². The molecule has 0 heterocycles. The molecule has 0 saturated heterocycles. The average Bonchev–Trinajstić information content (AvgIpc) is 2.09. The molecule has 0 spiro atoms. The maximum atomic E-state index is 12.8. The number of hydrogen-bond acceptors (Lipinski definition) is 2. The quantitative estimate of drug-likeness (QED) is 0.803. The normalized spacial score (nSPS) is 9.86. The Morgan fingerprint density at radius 3 is 2.86 bits per heavy atom. The average molecular weight is 198 g/mol. The number of rotatable bonds is 4. The van der Waals surface area contributed by atoms with E-state index < -0.39 is 11.8 Å². The van der Waals surface area contributed by atoms with E-state index in [0.29, 0.717) is 17.9 Å². The molecule has 0 aromatic heterocycles. The molecule has 0 atom stereocenters. The minimum atomic E-state index is -0.961. The van der Waals surface area contributed by atoms with Crippen LogP contribution in [0.3, 0.4) is 0 Å². The van der Waals surface area contributed by atoms with Gasteiger partial charge in [0, 0.05) is 11.6 Å². The fourth-order valence-corrected chi connectivity index (χ4v) is 1.13. The van der Waals surface area contributed by atoms with Gasteiger partial charge in [0.15, 0.2) is 0 Å². The van der Waals surface area contributed by atoms with Gasteiger partial charge >= 0.3 is 5.97 Å². The Balaban J connectivity index is 2.95. The van der Waals surface area contributed by atoms with E-state index in [1.54, 1.807) is 6.92 Å². The molecule has 0 aliphatic heterocycles. The van der Waals surface area contributed by atoms with Crippen LogP contribution in [0.5, 0.6) is 5.75 Å². The Bertz CT molecular complexity index is 336. The standard InChI is InChI=1S/C10H11FO3/c1-2-14-9-6-8(11)4-3-7(9)5-10(12)13/h3-4,6H,2,5H2,1H3,(H,12,13). The van der Waals surface area contributed by atoms with E-state index in [-0.39, 0.29) is 6.42 Å². The van der Waals surface area contributed by atoms with Gasteiger partial charge in [-0.2, -0.15) is 0 Å². The fraction of sp³-hybridized carbons (Fsp3) is 0.300. The second-order valence-electron chi connectivity index (χ2n) is 2.76. The van der Waals surface area contributed by atoms with Gasteiger partial charge < -0.3 is 9.84 Å². The molecular formula is C10H11FO3. The molecule has 1 rings (SSSR count). The van der Waals surface area contributed by atoms with Gasteiger partial charge in [0.2, 0.25) is 0 Å². The molecular weight excluding hydrogens is 187 g/mol. The smallest absolute Gasteiger partial charge is 0.307 e. The number of carboxylic acid groups (broad SMARTS) is 1. The predicted octanol–water partition coefficient (Wildman–Crippen LogP) is 1.85. The van der Waals surface area contributed by atoms with E-state index >= 15 is 0 Å². The predicted molar refractivity (Wildman–Crippen MR) is 48.9 cm³/mol. The van der Waals surface area contributed by atoms with Crippen LogP contribution >= 0.6 is 0 Å². The molecule has 0 aliphatic carbocycles. The highest BCUT2D eigenvalue weighted by molar-refractivity contribution is 5.71. The number of hydrogen-bond donors (Lipinski definition) is 1. The molecule has 0 unspecified atom stereocenters. The molecule has 76 valence electrons. The van der Waals surface area contributed by atoms with E-state index in [4.69, 9.17) is 9.84 Å². The van der Waals surface area contributed by atoms with Crippen LogP contribution in [0.4, 0.5) is 4.39 Å². The third-order valence-corrected chi connectivity index (χ3v) is 1.67. The summed E-state index contributed by atoms with van der Waals surface area (Å²) in [6, 6.07) is 3.84. The molecule has 1 N–H and O–H groups in total. The summed E-state index contributed by atoms with van der Waals surface area (Å²) in [5.74, 6) is -1.09. The van der Waals surface area contributed by atoms with Crippen LogP contribution in [0.25, 0.3) is 0 Å². The first kappa shape index (κ1) is 10.5. The summed E-state index contributed by atoms with van der Waals surface area (Å²) in [5, 5.41) is 8.58. The molecule has 0 radical (unpaired) electrons. The van der Waals surface area contributed by atoms with Gasteiger partial charge in [-0.25, -0.2) is 4.39 Å². The summed E-state index contributed by atoms with van der Waals surface area (Å²) >= 11 is 0. The molecule has 14 heavy (non-hydrogen) atoms. The minimum absolute atomic E-state index is 0.157. The monoisotopic (exact) mass is 198 g/mol. The first-order chi connectivity index (χ1) is 6.63. The van der Waals surface area contributed by atoms with E-state index in [1.807, 2.05) is 0 Å². The van der Waals surface area contributed by atoms with Crippen molar-refractivity contribution in [3.63, 3.8) is 0 Å². The van der Waals surface area contributed by atoms with Crippen molar-refractivity contribution >= 4 is 5.97 Å². The zero-order valence-corrected chi connectivity index (χ0v) is 7.79. The van der Waals surface area contributed by atoms with E-state index in [9.17, 15) is 9.18 Å². The summed E-state index contributed by atoms with van der Waals surface area (Å²) in [6.45, 7) is 2.14. The lowest BCUT2D eigenvalue weighted by molar-refractivity contribution is -0.136. The van der Waals surface area contributed by atoms with E-state index in [2.05, 4.69) is 0 Å². The van der Waals surface area contributed by atoms with Crippen LogP contribution < -0.4 is 4.74 Å². The Morgan fingerprint density at radius 1 is 1.57 bits per heavy atom. The van der Waals surface area contributed by atoms with Crippen molar-refractivity contribution < 1.29 is 19.0 Å². The minimum Gasteiger partial charge on any atom is -0.493 e. The summed E-state index contributed by atoms with van der Waals surface area (Å²) in [6.07, 6.45) is -0.157. The molecule has 0 aliphatic rings. The number of aliphatic carboxylic acids is 1. The van der Waals surface area contributed by atoms with Gasteiger partial charge in [0.25, 0.3) is 0 Å². The van der Waals surface area contributed by atoms with Gasteiger partial charge in [-0.3, -0.25) is 4.79 Å². The zero-order chi connectivity index (χ0) is 10.6. The topological polar surface area (TPSA) is 46.5 Å². The second kappa shape index (κ2) is 4.60. The Morgan fingerprint density at radius 2 is 2.29 bits per heavy atom. The number of ether oxygens (including phenoxy) is 1. The molecule has 4 heteroatoms. The van der Waals surface area contributed by atoms with Crippen LogP contribution in [0.1, 0.15) is 12.5 Å². The largest absolute Gasteiger partial charge is 0.493 e. The molecule has 0 saturated carbocycles. The number of halogens is 1. The highest BCUT2D eigenvalue weighted by Crippen LogP contribution is 2.20. The van der Waals surface area contributed by atoms with Crippen molar-refractivity contribution in [1.82, 2.24) is 0 Å². The number of benzene rings is 1. The summed E-state index contributed by atoms with van der Waals surface area (Å²) < 4.78 is 17.9. The van der Waals surface area contributed by atoms with Crippen molar-refractivity contribution in [2.24, 2.45) is 0 Å². The number of carboxylic acids is 1. The highest BCUT2D eigenvalue weighted by Gasteiger charge is 2.08. The van der Waals surface area contributed by atoms with Crippen LogP contribution in [0, 0.1) is 5.82 Å². The molecule has 0 amide bonds. The fourth-order valence-electron chi connectivity index (χ4n) is 1.13. The summed E-state index contributed by atoms with van der Waals surface area (Å²) in [5.41, 5.74) is 0.487. The van der Waals surface area contributed by atoms with Crippen molar-refractivity contribution in [2.75, 3.05) is 6.61 Å². The third kappa shape index (κ3) is 2.73. The van der Waals surface area contributed by atoms with Gasteiger partial charge in [-0.15, -0.1) is 0 Å². The van der Waals surface area contributed by atoms with Crippen LogP contribution in [-0.2, 0) is 11.2 Å². The second-order valence-corrected chi connectivity index (χ2v) is 2.76. The molecule has 0 fully saturated rings. The molecule has 0 bridgehead atoms. The van der Waals surface area contributed by atoms with Gasteiger partial charge in [0.1, 0.15) is 11.6 Å².